The summed E-state index contributed by atoms with van der Waals surface area (Å²) in [7, 11) is 0. The molecule has 0 bridgehead atoms. The SMILES string of the molecule is O=C(O)[C@H]1NCC(OCc2ccccc2-c2ccccc2)C1O. The average Bonchev–Trinajstić information content (AvgIpc) is 2.95. The van der Waals surface area contributed by atoms with Gasteiger partial charge in [-0.3, -0.25) is 10.1 Å². The van der Waals surface area contributed by atoms with Gasteiger partial charge < -0.3 is 14.9 Å². The zero-order valence-electron chi connectivity index (χ0n) is 12.6. The van der Waals surface area contributed by atoms with E-state index in [1.165, 1.54) is 0 Å². The highest BCUT2D eigenvalue weighted by Gasteiger charge is 2.39. The van der Waals surface area contributed by atoms with Gasteiger partial charge in [-0.2, -0.15) is 0 Å². The van der Waals surface area contributed by atoms with Crippen LogP contribution in [0.1, 0.15) is 5.56 Å². The van der Waals surface area contributed by atoms with Crippen LogP contribution in [-0.4, -0.2) is 41.0 Å². The van der Waals surface area contributed by atoms with Crippen molar-refractivity contribution in [2.45, 2.75) is 24.9 Å². The highest BCUT2D eigenvalue weighted by Crippen LogP contribution is 2.25. The van der Waals surface area contributed by atoms with Crippen molar-refractivity contribution in [2.75, 3.05) is 6.54 Å². The van der Waals surface area contributed by atoms with Gasteiger partial charge in [0.1, 0.15) is 12.1 Å². The number of aliphatic hydroxyl groups excluding tert-OH is 1. The molecule has 0 amide bonds. The number of carboxylic acid groups (broad SMARTS) is 1. The Kier molecular flexibility index (Phi) is 4.71. The van der Waals surface area contributed by atoms with E-state index in [1.54, 1.807) is 0 Å². The number of nitrogens with one attached hydrogen (secondary N) is 1. The predicted molar refractivity (Wildman–Crippen MR) is 85.9 cm³/mol. The molecule has 120 valence electrons. The molecule has 5 heteroatoms. The molecular formula is C18H19NO4. The molecule has 3 atom stereocenters. The number of benzene rings is 2. The summed E-state index contributed by atoms with van der Waals surface area (Å²) < 4.78 is 5.77. The van der Waals surface area contributed by atoms with Crippen molar-refractivity contribution in [2.24, 2.45) is 0 Å². The first kappa shape index (κ1) is 15.7. The first-order chi connectivity index (χ1) is 11.2. The van der Waals surface area contributed by atoms with Crippen LogP contribution in [0.5, 0.6) is 0 Å². The molecule has 2 aromatic carbocycles. The molecule has 0 spiro atoms. The molecule has 1 aliphatic heterocycles. The van der Waals surface area contributed by atoms with Crippen LogP contribution in [0, 0.1) is 0 Å². The Hall–Kier alpha value is -2.21. The maximum absolute atomic E-state index is 11.0. The average molecular weight is 313 g/mol. The Bertz CT molecular complexity index is 674. The molecule has 1 aliphatic rings. The summed E-state index contributed by atoms with van der Waals surface area (Å²) >= 11 is 0. The maximum Gasteiger partial charge on any atom is 0.323 e. The fourth-order valence-electron chi connectivity index (χ4n) is 2.83. The van der Waals surface area contributed by atoms with Crippen molar-refractivity contribution in [3.63, 3.8) is 0 Å². The molecule has 3 rings (SSSR count). The third-order valence-corrected chi connectivity index (χ3v) is 4.08. The molecule has 0 saturated carbocycles. The largest absolute Gasteiger partial charge is 0.480 e. The minimum absolute atomic E-state index is 0.320. The number of aliphatic carboxylic acids is 1. The second kappa shape index (κ2) is 6.91. The number of ether oxygens (including phenoxy) is 1. The van der Waals surface area contributed by atoms with Crippen molar-refractivity contribution in [1.29, 1.82) is 0 Å². The number of hydrogen-bond acceptors (Lipinski definition) is 4. The molecule has 3 N–H and O–H groups in total. The lowest BCUT2D eigenvalue weighted by Gasteiger charge is -2.18. The number of carboxylic acids is 1. The topological polar surface area (TPSA) is 78.8 Å². The van der Waals surface area contributed by atoms with E-state index in [2.05, 4.69) is 5.32 Å². The lowest BCUT2D eigenvalue weighted by atomic mass is 10.0. The lowest BCUT2D eigenvalue weighted by Crippen LogP contribution is -2.40. The molecule has 0 aliphatic carbocycles. The van der Waals surface area contributed by atoms with Gasteiger partial charge in [0.05, 0.1) is 12.7 Å². The van der Waals surface area contributed by atoms with E-state index in [0.29, 0.717) is 13.2 Å². The van der Waals surface area contributed by atoms with Crippen molar-refractivity contribution < 1.29 is 19.7 Å². The van der Waals surface area contributed by atoms with Crippen LogP contribution >= 0.6 is 0 Å². The molecule has 2 aromatic rings. The van der Waals surface area contributed by atoms with E-state index >= 15 is 0 Å². The van der Waals surface area contributed by atoms with Gasteiger partial charge in [0, 0.05) is 6.54 Å². The fraction of sp³-hybridized carbons (Fsp3) is 0.278. The molecule has 5 nitrogen and oxygen atoms in total. The highest BCUT2D eigenvalue weighted by atomic mass is 16.5. The summed E-state index contributed by atoms with van der Waals surface area (Å²) in [5, 5.41) is 21.8. The van der Waals surface area contributed by atoms with Crippen LogP contribution in [0.2, 0.25) is 0 Å². The summed E-state index contributed by atoms with van der Waals surface area (Å²) in [6.07, 6.45) is -1.57. The number of aliphatic hydroxyl groups is 1. The number of carbonyl (C=O) groups is 1. The smallest absolute Gasteiger partial charge is 0.323 e. The quantitative estimate of drug-likeness (QED) is 0.782. The maximum atomic E-state index is 11.0. The zero-order valence-corrected chi connectivity index (χ0v) is 12.6. The third kappa shape index (κ3) is 3.42. The molecule has 2 unspecified atom stereocenters. The van der Waals surface area contributed by atoms with E-state index in [1.807, 2.05) is 54.6 Å². The van der Waals surface area contributed by atoms with Crippen molar-refractivity contribution in [3.8, 4) is 11.1 Å². The fourth-order valence-corrected chi connectivity index (χ4v) is 2.83. The van der Waals surface area contributed by atoms with E-state index in [0.717, 1.165) is 16.7 Å². The minimum Gasteiger partial charge on any atom is -0.480 e. The summed E-state index contributed by atoms with van der Waals surface area (Å²) in [4.78, 5) is 11.0. The van der Waals surface area contributed by atoms with Crippen molar-refractivity contribution in [3.05, 3.63) is 60.2 Å². The van der Waals surface area contributed by atoms with Gasteiger partial charge in [0.2, 0.25) is 0 Å². The summed E-state index contributed by atoms with van der Waals surface area (Å²) in [5.74, 6) is -1.06. The van der Waals surface area contributed by atoms with Gasteiger partial charge in [-0.05, 0) is 16.7 Å². The first-order valence-electron chi connectivity index (χ1n) is 7.56. The van der Waals surface area contributed by atoms with Crippen LogP contribution in [0.4, 0.5) is 0 Å². The van der Waals surface area contributed by atoms with E-state index in [9.17, 15) is 9.90 Å². The molecule has 23 heavy (non-hydrogen) atoms. The zero-order chi connectivity index (χ0) is 16.2. The molecule has 1 heterocycles. The van der Waals surface area contributed by atoms with E-state index in [4.69, 9.17) is 9.84 Å². The van der Waals surface area contributed by atoms with Crippen LogP contribution in [0.3, 0.4) is 0 Å². The Balaban J connectivity index is 1.71. The Labute approximate surface area is 134 Å². The first-order valence-corrected chi connectivity index (χ1v) is 7.56. The lowest BCUT2D eigenvalue weighted by molar-refractivity contribution is -0.142. The van der Waals surface area contributed by atoms with Gasteiger partial charge in [0.15, 0.2) is 0 Å². The summed E-state index contributed by atoms with van der Waals surface area (Å²) in [6, 6.07) is 16.9. The molecule has 0 aromatic heterocycles. The molecule has 1 fully saturated rings. The van der Waals surface area contributed by atoms with Crippen molar-refractivity contribution >= 4 is 5.97 Å². The standard InChI is InChI=1S/C18H19NO4/c20-17-15(10-19-16(17)18(21)22)23-11-13-8-4-5-9-14(13)12-6-2-1-3-7-12/h1-9,15-17,19-20H,10-11H2,(H,21,22)/t15?,16-,17?/m0/s1. The number of rotatable bonds is 5. The van der Waals surface area contributed by atoms with Gasteiger partial charge >= 0.3 is 5.97 Å². The Morgan fingerprint density at radius 3 is 2.52 bits per heavy atom. The monoisotopic (exact) mass is 313 g/mol. The Morgan fingerprint density at radius 1 is 1.13 bits per heavy atom. The summed E-state index contributed by atoms with van der Waals surface area (Å²) in [5.41, 5.74) is 3.17. The second-order valence-corrected chi connectivity index (χ2v) is 5.59. The van der Waals surface area contributed by atoms with Crippen LogP contribution in [-0.2, 0) is 16.1 Å². The van der Waals surface area contributed by atoms with Crippen LogP contribution < -0.4 is 5.32 Å². The van der Waals surface area contributed by atoms with Gasteiger partial charge in [-0.25, -0.2) is 0 Å². The van der Waals surface area contributed by atoms with Gasteiger partial charge in [0.25, 0.3) is 0 Å². The summed E-state index contributed by atoms with van der Waals surface area (Å²) in [6.45, 7) is 0.645. The van der Waals surface area contributed by atoms with Crippen molar-refractivity contribution in [1.82, 2.24) is 5.32 Å². The molecule has 0 radical (unpaired) electrons. The number of hydrogen-bond donors (Lipinski definition) is 3. The molecule has 1 saturated heterocycles. The minimum atomic E-state index is -1.06. The van der Waals surface area contributed by atoms with Crippen LogP contribution in [0.25, 0.3) is 11.1 Å². The van der Waals surface area contributed by atoms with Gasteiger partial charge in [-0.1, -0.05) is 54.6 Å². The predicted octanol–water partition coefficient (Wildman–Crippen LogP) is 1.66. The Morgan fingerprint density at radius 2 is 1.83 bits per heavy atom. The third-order valence-electron chi connectivity index (χ3n) is 4.08. The normalized spacial score (nSPS) is 23.8. The van der Waals surface area contributed by atoms with Crippen LogP contribution in [0.15, 0.2) is 54.6 Å². The highest BCUT2D eigenvalue weighted by molar-refractivity contribution is 5.75. The van der Waals surface area contributed by atoms with Gasteiger partial charge in [-0.15, -0.1) is 0 Å². The second-order valence-electron chi connectivity index (χ2n) is 5.59. The van der Waals surface area contributed by atoms with E-state index < -0.39 is 24.2 Å². The van der Waals surface area contributed by atoms with E-state index in [-0.39, 0.29) is 0 Å². The molecular weight excluding hydrogens is 294 g/mol.